The molecule has 0 heterocycles. The van der Waals surface area contributed by atoms with Gasteiger partial charge in [-0.05, 0) is 24.5 Å². The lowest BCUT2D eigenvalue weighted by Gasteiger charge is -2.04. The van der Waals surface area contributed by atoms with E-state index in [0.717, 1.165) is 5.25 Å². The fourth-order valence-corrected chi connectivity index (χ4v) is 2.34. The number of rotatable bonds is 3. The van der Waals surface area contributed by atoms with Crippen LogP contribution in [0.3, 0.4) is 0 Å². The summed E-state index contributed by atoms with van der Waals surface area (Å²) < 4.78 is 0. The Balaban J connectivity index is 0.000000845. The molecule has 0 saturated heterocycles. The van der Waals surface area contributed by atoms with Gasteiger partial charge in [-0.3, -0.25) is 0 Å². The van der Waals surface area contributed by atoms with Gasteiger partial charge in [0, 0.05) is 16.7 Å². The lowest BCUT2D eigenvalue weighted by Crippen LogP contribution is -1.97. The van der Waals surface area contributed by atoms with Gasteiger partial charge in [-0.15, -0.1) is 24.2 Å². The Hall–Kier alpha value is -0.180. The molecule has 1 fully saturated rings. The molecule has 2 N–H and O–H groups in total. The molecular weight excluding hydrogens is 202 g/mol. The summed E-state index contributed by atoms with van der Waals surface area (Å²) in [4.78, 5) is 1.38. The SMILES string of the molecule is Cl.NCc1ccccc1SC1CC1. The summed E-state index contributed by atoms with van der Waals surface area (Å²) in [5.74, 6) is 0. The molecule has 0 spiro atoms. The highest BCUT2D eigenvalue weighted by Gasteiger charge is 2.23. The quantitative estimate of drug-likeness (QED) is 0.839. The van der Waals surface area contributed by atoms with E-state index in [1.807, 2.05) is 11.8 Å². The molecule has 1 aromatic carbocycles. The molecule has 0 atom stereocenters. The van der Waals surface area contributed by atoms with E-state index in [1.54, 1.807) is 0 Å². The molecule has 1 aromatic rings. The van der Waals surface area contributed by atoms with Gasteiger partial charge >= 0.3 is 0 Å². The Bertz CT molecular complexity index is 273. The van der Waals surface area contributed by atoms with Crippen LogP contribution >= 0.6 is 24.2 Å². The topological polar surface area (TPSA) is 26.0 Å². The van der Waals surface area contributed by atoms with Crippen LogP contribution in [-0.4, -0.2) is 5.25 Å². The molecule has 0 amide bonds. The first-order chi connectivity index (χ1) is 5.90. The Kier molecular flexibility index (Phi) is 4.10. The zero-order valence-electron chi connectivity index (χ0n) is 7.40. The molecule has 72 valence electrons. The van der Waals surface area contributed by atoms with Crippen molar-refractivity contribution in [3.63, 3.8) is 0 Å². The highest BCUT2D eigenvalue weighted by molar-refractivity contribution is 8.00. The van der Waals surface area contributed by atoms with Crippen molar-refractivity contribution in [3.8, 4) is 0 Å². The highest BCUT2D eigenvalue weighted by Crippen LogP contribution is 2.40. The van der Waals surface area contributed by atoms with Crippen molar-refractivity contribution >= 4 is 24.2 Å². The third kappa shape index (κ3) is 2.90. The van der Waals surface area contributed by atoms with Crippen LogP contribution in [0.15, 0.2) is 29.2 Å². The Morgan fingerprint density at radius 2 is 2.00 bits per heavy atom. The van der Waals surface area contributed by atoms with Gasteiger partial charge in [-0.25, -0.2) is 0 Å². The van der Waals surface area contributed by atoms with E-state index in [-0.39, 0.29) is 12.4 Å². The van der Waals surface area contributed by atoms with Gasteiger partial charge in [-0.2, -0.15) is 0 Å². The largest absolute Gasteiger partial charge is 0.326 e. The molecule has 3 heteroatoms. The maximum Gasteiger partial charge on any atom is 0.0189 e. The Morgan fingerprint density at radius 1 is 1.31 bits per heavy atom. The number of nitrogens with two attached hydrogens (primary N) is 1. The molecule has 0 aromatic heterocycles. The third-order valence-electron chi connectivity index (χ3n) is 2.01. The van der Waals surface area contributed by atoms with E-state index in [0.29, 0.717) is 6.54 Å². The monoisotopic (exact) mass is 215 g/mol. The highest BCUT2D eigenvalue weighted by atomic mass is 35.5. The van der Waals surface area contributed by atoms with Crippen LogP contribution < -0.4 is 5.73 Å². The molecule has 1 saturated carbocycles. The Morgan fingerprint density at radius 3 is 2.62 bits per heavy atom. The van der Waals surface area contributed by atoms with Crippen molar-refractivity contribution in [2.75, 3.05) is 0 Å². The van der Waals surface area contributed by atoms with Gasteiger partial charge in [0.25, 0.3) is 0 Å². The zero-order valence-corrected chi connectivity index (χ0v) is 9.03. The van der Waals surface area contributed by atoms with Crippen LogP contribution in [0.1, 0.15) is 18.4 Å². The minimum absolute atomic E-state index is 0. The fourth-order valence-electron chi connectivity index (χ4n) is 1.15. The van der Waals surface area contributed by atoms with E-state index in [2.05, 4.69) is 24.3 Å². The second-order valence-corrected chi connectivity index (χ2v) is 4.47. The van der Waals surface area contributed by atoms with E-state index < -0.39 is 0 Å². The molecule has 1 aliphatic carbocycles. The second-order valence-electron chi connectivity index (χ2n) is 3.13. The van der Waals surface area contributed by atoms with Gasteiger partial charge in [0.15, 0.2) is 0 Å². The summed E-state index contributed by atoms with van der Waals surface area (Å²) in [6, 6.07) is 8.43. The van der Waals surface area contributed by atoms with Crippen molar-refractivity contribution in [2.45, 2.75) is 29.5 Å². The van der Waals surface area contributed by atoms with Crippen LogP contribution in [0.5, 0.6) is 0 Å². The molecule has 1 nitrogen and oxygen atoms in total. The summed E-state index contributed by atoms with van der Waals surface area (Å²) in [5.41, 5.74) is 6.92. The van der Waals surface area contributed by atoms with Crippen LogP contribution in [0.4, 0.5) is 0 Å². The molecule has 13 heavy (non-hydrogen) atoms. The van der Waals surface area contributed by atoms with Crippen molar-refractivity contribution in [1.82, 2.24) is 0 Å². The maximum atomic E-state index is 5.63. The van der Waals surface area contributed by atoms with Crippen LogP contribution in [0, 0.1) is 0 Å². The summed E-state index contributed by atoms with van der Waals surface area (Å²) in [5, 5.41) is 0.873. The summed E-state index contributed by atoms with van der Waals surface area (Å²) >= 11 is 1.98. The lowest BCUT2D eigenvalue weighted by atomic mass is 10.2. The molecule has 0 bridgehead atoms. The molecule has 0 radical (unpaired) electrons. The summed E-state index contributed by atoms with van der Waals surface area (Å²) in [6.45, 7) is 0.663. The Labute approximate surface area is 89.5 Å². The number of benzene rings is 1. The summed E-state index contributed by atoms with van der Waals surface area (Å²) in [6.07, 6.45) is 2.76. The molecule has 0 aliphatic heterocycles. The van der Waals surface area contributed by atoms with Crippen molar-refractivity contribution < 1.29 is 0 Å². The number of halogens is 1. The predicted octanol–water partition coefficient (Wildman–Crippen LogP) is 2.82. The average molecular weight is 216 g/mol. The first-order valence-electron chi connectivity index (χ1n) is 4.35. The minimum Gasteiger partial charge on any atom is -0.326 e. The number of hydrogen-bond donors (Lipinski definition) is 1. The third-order valence-corrected chi connectivity index (χ3v) is 3.47. The maximum absolute atomic E-state index is 5.63. The van der Waals surface area contributed by atoms with Gasteiger partial charge in [0.2, 0.25) is 0 Å². The molecule has 1 aliphatic rings. The zero-order chi connectivity index (χ0) is 8.39. The van der Waals surface area contributed by atoms with Gasteiger partial charge < -0.3 is 5.73 Å². The van der Waals surface area contributed by atoms with Gasteiger partial charge in [0.05, 0.1) is 0 Å². The minimum atomic E-state index is 0. The number of thioether (sulfide) groups is 1. The van der Waals surface area contributed by atoms with E-state index in [4.69, 9.17) is 5.73 Å². The van der Waals surface area contributed by atoms with Crippen LogP contribution in [0.2, 0.25) is 0 Å². The smallest absolute Gasteiger partial charge is 0.0189 e. The van der Waals surface area contributed by atoms with Gasteiger partial charge in [0.1, 0.15) is 0 Å². The molecule has 0 unspecified atom stereocenters. The van der Waals surface area contributed by atoms with Crippen LogP contribution in [0.25, 0.3) is 0 Å². The van der Waals surface area contributed by atoms with Crippen molar-refractivity contribution in [3.05, 3.63) is 29.8 Å². The van der Waals surface area contributed by atoms with E-state index in [9.17, 15) is 0 Å². The molecule has 2 rings (SSSR count). The number of hydrogen-bond acceptors (Lipinski definition) is 2. The first-order valence-corrected chi connectivity index (χ1v) is 5.23. The van der Waals surface area contributed by atoms with E-state index >= 15 is 0 Å². The van der Waals surface area contributed by atoms with Gasteiger partial charge in [-0.1, -0.05) is 18.2 Å². The average Bonchev–Trinajstić information content (AvgIpc) is 2.89. The first kappa shape index (κ1) is 10.9. The van der Waals surface area contributed by atoms with Crippen molar-refractivity contribution in [2.24, 2.45) is 5.73 Å². The predicted molar refractivity (Wildman–Crippen MR) is 60.5 cm³/mol. The molecular formula is C10H14ClNS. The summed E-state index contributed by atoms with van der Waals surface area (Å²) in [7, 11) is 0. The van der Waals surface area contributed by atoms with Crippen molar-refractivity contribution in [1.29, 1.82) is 0 Å². The lowest BCUT2D eigenvalue weighted by molar-refractivity contribution is 1.03. The standard InChI is InChI=1S/C10H13NS.ClH/c11-7-8-3-1-2-4-10(8)12-9-5-6-9;/h1-4,9H,5-7,11H2;1H. The normalized spacial score (nSPS) is 15.2. The fraction of sp³-hybridized carbons (Fsp3) is 0.400. The van der Waals surface area contributed by atoms with Crippen LogP contribution in [-0.2, 0) is 6.54 Å². The second kappa shape index (κ2) is 4.89. The van der Waals surface area contributed by atoms with E-state index in [1.165, 1.54) is 23.3 Å².